The maximum absolute atomic E-state index is 12.3. The summed E-state index contributed by atoms with van der Waals surface area (Å²) in [4.78, 5) is 0. The van der Waals surface area contributed by atoms with Crippen LogP contribution in [-0.2, 0) is 0 Å². The fourth-order valence-electron chi connectivity index (χ4n) is 1.63. The molecule has 1 aromatic carbocycles. The average molecular weight is 261 g/mol. The minimum absolute atomic E-state index is 0.0404. The van der Waals surface area contributed by atoms with Crippen molar-refractivity contribution in [2.75, 3.05) is 20.3 Å². The Hall–Kier alpha value is -1.40. The Morgan fingerprint density at radius 2 is 2.06 bits per heavy atom. The molecule has 1 aromatic rings. The highest BCUT2D eigenvalue weighted by atomic mass is 19.3. The van der Waals surface area contributed by atoms with Gasteiger partial charge in [-0.05, 0) is 24.2 Å². The lowest BCUT2D eigenvalue weighted by molar-refractivity contribution is -0.0512. The van der Waals surface area contributed by atoms with E-state index in [4.69, 9.17) is 4.74 Å². The second kappa shape index (κ2) is 7.13. The number of hydrogen-bond donors (Lipinski definition) is 2. The van der Waals surface area contributed by atoms with Crippen molar-refractivity contribution in [3.63, 3.8) is 0 Å². The third-order valence-electron chi connectivity index (χ3n) is 2.44. The van der Waals surface area contributed by atoms with E-state index in [2.05, 4.69) is 10.1 Å². The highest BCUT2D eigenvalue weighted by Gasteiger charge is 2.15. The molecular weight excluding hydrogens is 244 g/mol. The van der Waals surface area contributed by atoms with Crippen molar-refractivity contribution in [1.82, 2.24) is 5.32 Å². The molecule has 0 heterocycles. The first-order chi connectivity index (χ1) is 8.62. The molecule has 4 nitrogen and oxygen atoms in total. The number of aliphatic hydroxyl groups is 1. The van der Waals surface area contributed by atoms with Crippen LogP contribution < -0.4 is 14.8 Å². The molecule has 1 atom stereocenters. The summed E-state index contributed by atoms with van der Waals surface area (Å²) in [7, 11) is 1.38. The van der Waals surface area contributed by atoms with Crippen LogP contribution >= 0.6 is 0 Å². The molecule has 0 spiro atoms. The highest BCUT2D eigenvalue weighted by molar-refractivity contribution is 5.44. The number of benzene rings is 1. The van der Waals surface area contributed by atoms with Gasteiger partial charge in [-0.25, -0.2) is 0 Å². The fraction of sp³-hybridized carbons (Fsp3) is 0.500. The second-order valence-electron chi connectivity index (χ2n) is 3.58. The lowest BCUT2D eigenvalue weighted by Crippen LogP contribution is -2.24. The van der Waals surface area contributed by atoms with Crippen LogP contribution in [0.25, 0.3) is 0 Å². The van der Waals surface area contributed by atoms with Gasteiger partial charge in [-0.3, -0.25) is 0 Å². The third-order valence-corrected chi connectivity index (χ3v) is 2.44. The molecule has 18 heavy (non-hydrogen) atoms. The van der Waals surface area contributed by atoms with E-state index in [0.29, 0.717) is 12.1 Å². The lowest BCUT2D eigenvalue weighted by atomic mass is 10.1. The predicted octanol–water partition coefficient (Wildman–Crippen LogP) is 1.94. The Bertz CT molecular complexity index is 374. The van der Waals surface area contributed by atoms with E-state index in [9.17, 15) is 13.9 Å². The van der Waals surface area contributed by atoms with Crippen molar-refractivity contribution in [3.05, 3.63) is 23.8 Å². The van der Waals surface area contributed by atoms with E-state index < -0.39 is 6.61 Å². The van der Waals surface area contributed by atoms with Gasteiger partial charge in [0.05, 0.1) is 19.8 Å². The van der Waals surface area contributed by atoms with E-state index in [1.54, 1.807) is 6.07 Å². The molecule has 102 valence electrons. The van der Waals surface area contributed by atoms with Crippen LogP contribution in [0, 0.1) is 0 Å². The first-order valence-corrected chi connectivity index (χ1v) is 5.59. The molecule has 1 unspecified atom stereocenters. The number of nitrogens with one attached hydrogen (secondary N) is 1. The number of likely N-dealkylation sites (N-methyl/N-ethyl adjacent to an activating group) is 1. The van der Waals surface area contributed by atoms with E-state index in [1.807, 2.05) is 6.92 Å². The molecule has 0 saturated heterocycles. The smallest absolute Gasteiger partial charge is 0.387 e. The fourth-order valence-corrected chi connectivity index (χ4v) is 1.63. The minimum atomic E-state index is -2.92. The van der Waals surface area contributed by atoms with Crippen LogP contribution in [0.4, 0.5) is 8.78 Å². The average Bonchev–Trinajstić information content (AvgIpc) is 2.35. The summed E-state index contributed by atoms with van der Waals surface area (Å²) < 4.78 is 33.8. The number of methoxy groups -OCH3 is 1. The van der Waals surface area contributed by atoms with Crippen molar-refractivity contribution in [1.29, 1.82) is 0 Å². The van der Waals surface area contributed by atoms with E-state index >= 15 is 0 Å². The van der Waals surface area contributed by atoms with Gasteiger partial charge >= 0.3 is 6.61 Å². The van der Waals surface area contributed by atoms with E-state index in [0.717, 1.165) is 0 Å². The van der Waals surface area contributed by atoms with Crippen molar-refractivity contribution >= 4 is 0 Å². The number of hydrogen-bond acceptors (Lipinski definition) is 4. The summed E-state index contributed by atoms with van der Waals surface area (Å²) in [5.41, 5.74) is 0.663. The molecule has 0 fully saturated rings. The quantitative estimate of drug-likeness (QED) is 0.787. The molecular formula is C12H17F2NO3. The Kier molecular flexibility index (Phi) is 5.80. The van der Waals surface area contributed by atoms with Crippen LogP contribution in [0.5, 0.6) is 11.5 Å². The van der Waals surface area contributed by atoms with Crippen LogP contribution in [0.15, 0.2) is 18.2 Å². The maximum atomic E-state index is 12.3. The zero-order chi connectivity index (χ0) is 13.5. The molecule has 0 aliphatic rings. The summed E-state index contributed by atoms with van der Waals surface area (Å²) in [5.74, 6) is 0.189. The van der Waals surface area contributed by atoms with Crippen molar-refractivity contribution in [3.8, 4) is 11.5 Å². The maximum Gasteiger partial charge on any atom is 0.387 e. The summed E-state index contributed by atoms with van der Waals surface area (Å²) in [5, 5.41) is 12.3. The molecule has 0 aliphatic carbocycles. The molecule has 0 saturated carbocycles. The Balaban J connectivity index is 3.00. The van der Waals surface area contributed by atoms with E-state index in [-0.39, 0.29) is 24.1 Å². The lowest BCUT2D eigenvalue weighted by Gasteiger charge is -2.18. The van der Waals surface area contributed by atoms with Gasteiger partial charge < -0.3 is 19.9 Å². The minimum Gasteiger partial charge on any atom is -0.493 e. The highest BCUT2D eigenvalue weighted by Crippen LogP contribution is 2.31. The monoisotopic (exact) mass is 261 g/mol. The standard InChI is InChI=1S/C12H17F2NO3/c1-3-15-9(7-16)8-4-5-10(17-2)11(6-8)18-12(13)14/h4-6,9,12,15-16H,3,7H2,1-2H3. The number of aliphatic hydroxyl groups excluding tert-OH is 1. The first-order valence-electron chi connectivity index (χ1n) is 5.59. The van der Waals surface area contributed by atoms with Gasteiger partial charge in [-0.1, -0.05) is 13.0 Å². The van der Waals surface area contributed by atoms with Gasteiger partial charge in [-0.2, -0.15) is 8.78 Å². The number of halogens is 2. The summed E-state index contributed by atoms with van der Waals surface area (Å²) in [6.07, 6.45) is 0. The number of ether oxygens (including phenoxy) is 2. The Morgan fingerprint density at radius 1 is 1.33 bits per heavy atom. The molecule has 0 bridgehead atoms. The van der Waals surface area contributed by atoms with Gasteiger partial charge in [0, 0.05) is 0 Å². The molecule has 1 rings (SSSR count). The Labute approximate surface area is 105 Å². The second-order valence-corrected chi connectivity index (χ2v) is 3.58. The van der Waals surface area contributed by atoms with Gasteiger partial charge in [0.2, 0.25) is 0 Å². The van der Waals surface area contributed by atoms with Crippen molar-refractivity contribution in [2.45, 2.75) is 19.6 Å². The molecule has 2 N–H and O–H groups in total. The summed E-state index contributed by atoms with van der Waals surface area (Å²) in [6, 6.07) is 4.35. The topological polar surface area (TPSA) is 50.7 Å². The summed E-state index contributed by atoms with van der Waals surface area (Å²) >= 11 is 0. The first kappa shape index (κ1) is 14.7. The normalized spacial score (nSPS) is 12.6. The zero-order valence-electron chi connectivity index (χ0n) is 10.3. The van der Waals surface area contributed by atoms with Gasteiger partial charge in [-0.15, -0.1) is 0 Å². The predicted molar refractivity (Wildman–Crippen MR) is 63.1 cm³/mol. The van der Waals surface area contributed by atoms with Gasteiger partial charge in [0.25, 0.3) is 0 Å². The van der Waals surface area contributed by atoms with E-state index in [1.165, 1.54) is 19.2 Å². The zero-order valence-corrected chi connectivity index (χ0v) is 10.3. The van der Waals surface area contributed by atoms with Crippen LogP contribution in [0.1, 0.15) is 18.5 Å². The SMILES string of the molecule is CCNC(CO)c1ccc(OC)c(OC(F)F)c1. The largest absolute Gasteiger partial charge is 0.493 e. The van der Waals surface area contributed by atoms with Crippen LogP contribution in [-0.4, -0.2) is 32.0 Å². The molecule has 0 radical (unpaired) electrons. The van der Waals surface area contributed by atoms with Crippen molar-refractivity contribution < 1.29 is 23.4 Å². The molecule has 0 amide bonds. The van der Waals surface area contributed by atoms with Crippen LogP contribution in [0.3, 0.4) is 0 Å². The van der Waals surface area contributed by atoms with Crippen molar-refractivity contribution in [2.24, 2.45) is 0 Å². The third kappa shape index (κ3) is 3.82. The Morgan fingerprint density at radius 3 is 2.56 bits per heavy atom. The molecule has 0 aliphatic heterocycles. The van der Waals surface area contributed by atoms with Gasteiger partial charge in [0.1, 0.15) is 0 Å². The number of alkyl halides is 2. The molecule has 0 aromatic heterocycles. The van der Waals surface area contributed by atoms with Crippen LogP contribution in [0.2, 0.25) is 0 Å². The molecule has 6 heteroatoms. The van der Waals surface area contributed by atoms with Gasteiger partial charge in [0.15, 0.2) is 11.5 Å². The summed E-state index contributed by atoms with van der Waals surface area (Å²) in [6.45, 7) is -0.500. The number of rotatable bonds is 7.